The van der Waals surface area contributed by atoms with Crippen LogP contribution in [0.2, 0.25) is 0 Å². The number of methoxy groups -OCH3 is 1. The van der Waals surface area contributed by atoms with Crippen LogP contribution in [0.15, 0.2) is 22.8 Å². The Morgan fingerprint density at radius 3 is 2.39 bits per heavy atom. The molecule has 202 valence electrons. The molecule has 0 saturated heterocycles. The lowest BCUT2D eigenvalue weighted by Crippen LogP contribution is -2.67. The Morgan fingerprint density at radius 1 is 1.06 bits per heavy atom. The Bertz CT molecular complexity index is 1010. The number of esters is 1. The number of hydrogen-bond donors (Lipinski definition) is 3. The molecule has 0 heterocycles. The zero-order valence-electron chi connectivity index (χ0n) is 23.5. The SMILES string of the molecule is COC(=O)[C@]12CC[C@@H](C)C(C)=C1C1=CC[C@@H]3[C@@]4(C)C[C@@H](O)[C@H](O)[C@@](C)(CO)[C@@H]4CC[C@@]3(C)[C@]1(C)CC2. The summed E-state index contributed by atoms with van der Waals surface area (Å²) in [6.07, 6.45) is 7.81. The highest BCUT2D eigenvalue weighted by molar-refractivity contribution is 5.84. The Labute approximate surface area is 217 Å². The standard InChI is InChI=1S/C31H48O5/c1-18-10-13-31(26(35)36-7)15-14-29(5)20(24(31)19(18)2)8-9-23-27(3)16-21(33)25(34)28(4,17-32)22(27)11-12-30(23,29)6/h8,18,21-23,25,32-34H,9-17H2,1-7H3/t18-,21-,22-,23-,25+,27+,28+,29-,30-,31+/m1/s1. The van der Waals surface area contributed by atoms with Gasteiger partial charge in [0.2, 0.25) is 0 Å². The van der Waals surface area contributed by atoms with Crippen LogP contribution in [0.4, 0.5) is 0 Å². The van der Waals surface area contributed by atoms with Crippen LogP contribution in [-0.2, 0) is 9.53 Å². The third-order valence-electron chi connectivity index (χ3n) is 13.1. The molecule has 0 aromatic carbocycles. The predicted octanol–water partition coefficient (Wildman–Crippen LogP) is 5.19. The molecule has 0 amide bonds. The van der Waals surface area contributed by atoms with Crippen LogP contribution in [0.1, 0.15) is 92.9 Å². The van der Waals surface area contributed by atoms with E-state index in [0.717, 1.165) is 44.9 Å². The molecule has 0 bridgehead atoms. The zero-order valence-corrected chi connectivity index (χ0v) is 23.5. The van der Waals surface area contributed by atoms with Gasteiger partial charge < -0.3 is 20.1 Å². The van der Waals surface area contributed by atoms with Crippen molar-refractivity contribution in [3.8, 4) is 0 Å². The third kappa shape index (κ3) is 2.97. The fourth-order valence-electron chi connectivity index (χ4n) is 10.6. The molecule has 5 rings (SSSR count). The monoisotopic (exact) mass is 500 g/mol. The van der Waals surface area contributed by atoms with Gasteiger partial charge in [0.1, 0.15) is 0 Å². The van der Waals surface area contributed by atoms with E-state index in [1.54, 1.807) is 0 Å². The Kier molecular flexibility index (Phi) is 6.00. The van der Waals surface area contributed by atoms with Crippen LogP contribution in [0.3, 0.4) is 0 Å². The van der Waals surface area contributed by atoms with Crippen LogP contribution < -0.4 is 0 Å². The first-order valence-electron chi connectivity index (χ1n) is 14.2. The summed E-state index contributed by atoms with van der Waals surface area (Å²) in [4.78, 5) is 13.4. The van der Waals surface area contributed by atoms with Crippen molar-refractivity contribution in [1.29, 1.82) is 0 Å². The summed E-state index contributed by atoms with van der Waals surface area (Å²) in [5, 5.41) is 32.4. The molecule has 10 atom stereocenters. The van der Waals surface area contributed by atoms with Gasteiger partial charge in [-0.15, -0.1) is 0 Å². The molecule has 5 heteroatoms. The Hall–Kier alpha value is -1.17. The molecule has 3 fully saturated rings. The van der Waals surface area contributed by atoms with E-state index in [1.807, 2.05) is 6.92 Å². The average Bonchev–Trinajstić information content (AvgIpc) is 2.84. The number of carbonyl (C=O) groups excluding carboxylic acids is 1. The minimum atomic E-state index is -0.901. The van der Waals surface area contributed by atoms with Gasteiger partial charge in [-0.1, -0.05) is 46.3 Å². The normalized spacial score (nSPS) is 52.4. The number of hydrogen-bond acceptors (Lipinski definition) is 5. The lowest BCUT2D eigenvalue weighted by molar-refractivity contribution is -0.240. The van der Waals surface area contributed by atoms with Crippen molar-refractivity contribution in [2.75, 3.05) is 13.7 Å². The summed E-state index contributed by atoms with van der Waals surface area (Å²) >= 11 is 0. The van der Waals surface area contributed by atoms with E-state index in [0.29, 0.717) is 18.3 Å². The Morgan fingerprint density at radius 2 is 1.75 bits per heavy atom. The van der Waals surface area contributed by atoms with Gasteiger partial charge in [-0.2, -0.15) is 0 Å². The minimum absolute atomic E-state index is 0.00302. The summed E-state index contributed by atoms with van der Waals surface area (Å²) < 4.78 is 5.45. The first kappa shape index (κ1) is 26.4. The fraction of sp³-hybridized carbons (Fsp3) is 0.839. The molecule has 5 aliphatic rings. The number of aliphatic hydroxyl groups is 3. The van der Waals surface area contributed by atoms with Crippen molar-refractivity contribution in [3.63, 3.8) is 0 Å². The summed E-state index contributed by atoms with van der Waals surface area (Å²) in [5.74, 6) is 0.870. The van der Waals surface area contributed by atoms with Crippen molar-refractivity contribution in [2.45, 2.75) is 105 Å². The minimum Gasteiger partial charge on any atom is -0.468 e. The molecular weight excluding hydrogens is 452 g/mol. The van der Waals surface area contributed by atoms with Gasteiger partial charge in [-0.05, 0) is 103 Å². The molecule has 36 heavy (non-hydrogen) atoms. The average molecular weight is 501 g/mol. The number of rotatable bonds is 2. The van der Waals surface area contributed by atoms with E-state index in [9.17, 15) is 20.1 Å². The first-order valence-corrected chi connectivity index (χ1v) is 14.2. The number of fused-ring (bicyclic) bond motifs is 7. The molecule has 0 aromatic rings. The number of ether oxygens (including phenoxy) is 1. The van der Waals surface area contributed by atoms with E-state index in [2.05, 4.69) is 40.7 Å². The molecule has 0 spiro atoms. The van der Waals surface area contributed by atoms with Crippen LogP contribution >= 0.6 is 0 Å². The second kappa shape index (κ2) is 8.16. The largest absolute Gasteiger partial charge is 0.468 e. The van der Waals surface area contributed by atoms with Crippen LogP contribution in [0.25, 0.3) is 0 Å². The molecule has 0 aliphatic heterocycles. The van der Waals surface area contributed by atoms with Gasteiger partial charge in [0.05, 0.1) is 31.3 Å². The van der Waals surface area contributed by atoms with Crippen molar-refractivity contribution < 1.29 is 24.9 Å². The van der Waals surface area contributed by atoms with Crippen molar-refractivity contribution in [1.82, 2.24) is 0 Å². The molecule has 0 aromatic heterocycles. The maximum atomic E-state index is 13.4. The third-order valence-corrected chi connectivity index (χ3v) is 13.1. The van der Waals surface area contributed by atoms with Crippen LogP contribution in [0, 0.1) is 44.8 Å². The van der Waals surface area contributed by atoms with Crippen LogP contribution in [0.5, 0.6) is 0 Å². The summed E-state index contributed by atoms with van der Waals surface area (Å²) in [6.45, 7) is 13.6. The fourth-order valence-corrected chi connectivity index (χ4v) is 10.6. The highest BCUT2D eigenvalue weighted by Gasteiger charge is 2.69. The van der Waals surface area contributed by atoms with E-state index in [-0.39, 0.29) is 34.7 Å². The van der Waals surface area contributed by atoms with Gasteiger partial charge in [0.15, 0.2) is 0 Å². The van der Waals surface area contributed by atoms with Gasteiger partial charge in [-0.25, -0.2) is 0 Å². The summed E-state index contributed by atoms with van der Waals surface area (Å²) in [6, 6.07) is 0. The lowest BCUT2D eigenvalue weighted by Gasteiger charge is -2.70. The molecule has 0 radical (unpaired) electrons. The zero-order chi connectivity index (χ0) is 26.5. The highest BCUT2D eigenvalue weighted by Crippen LogP contribution is 2.75. The van der Waals surface area contributed by atoms with Crippen LogP contribution in [-0.4, -0.2) is 47.2 Å². The highest BCUT2D eigenvalue weighted by atomic mass is 16.5. The van der Waals surface area contributed by atoms with Gasteiger partial charge in [-0.3, -0.25) is 4.79 Å². The lowest BCUT2D eigenvalue weighted by atomic mass is 9.34. The van der Waals surface area contributed by atoms with E-state index in [4.69, 9.17) is 4.74 Å². The maximum Gasteiger partial charge on any atom is 0.316 e. The molecular formula is C31H48O5. The molecule has 5 aliphatic carbocycles. The first-order chi connectivity index (χ1) is 16.8. The van der Waals surface area contributed by atoms with Gasteiger partial charge in [0.25, 0.3) is 0 Å². The number of allylic oxidation sites excluding steroid dienone is 3. The van der Waals surface area contributed by atoms with Crippen molar-refractivity contribution in [2.24, 2.45) is 44.8 Å². The maximum absolute atomic E-state index is 13.4. The quantitative estimate of drug-likeness (QED) is 0.455. The van der Waals surface area contributed by atoms with Gasteiger partial charge >= 0.3 is 5.97 Å². The molecule has 3 saturated carbocycles. The number of aliphatic hydroxyl groups excluding tert-OH is 3. The van der Waals surface area contributed by atoms with Crippen molar-refractivity contribution in [3.05, 3.63) is 22.8 Å². The van der Waals surface area contributed by atoms with E-state index >= 15 is 0 Å². The predicted molar refractivity (Wildman–Crippen MR) is 140 cm³/mol. The second-order valence-corrected chi connectivity index (χ2v) is 14.2. The second-order valence-electron chi connectivity index (χ2n) is 14.2. The molecule has 5 nitrogen and oxygen atoms in total. The van der Waals surface area contributed by atoms with Crippen molar-refractivity contribution >= 4 is 5.97 Å². The van der Waals surface area contributed by atoms with E-state index in [1.165, 1.54) is 23.8 Å². The summed E-state index contributed by atoms with van der Waals surface area (Å²) in [7, 11) is 1.53. The topological polar surface area (TPSA) is 87.0 Å². The summed E-state index contributed by atoms with van der Waals surface area (Å²) in [5.41, 5.74) is 2.51. The van der Waals surface area contributed by atoms with E-state index < -0.39 is 23.0 Å². The Balaban J connectivity index is 1.66. The molecule has 3 N–H and O–H groups in total. The smallest absolute Gasteiger partial charge is 0.316 e. The number of carbonyl (C=O) groups is 1. The molecule has 0 unspecified atom stereocenters. The van der Waals surface area contributed by atoms with Gasteiger partial charge in [0, 0.05) is 5.41 Å².